The molecule has 88 valence electrons. The van der Waals surface area contributed by atoms with Gasteiger partial charge in [-0.2, -0.15) is 0 Å². The molecule has 1 aliphatic heterocycles. The normalized spacial score (nSPS) is 18.9. The van der Waals surface area contributed by atoms with Crippen LogP contribution in [0.25, 0.3) is 0 Å². The molecular weight excluding hydrogens is 216 g/mol. The van der Waals surface area contributed by atoms with Crippen LogP contribution in [0.15, 0.2) is 18.2 Å². The van der Waals surface area contributed by atoms with Gasteiger partial charge in [-0.15, -0.1) is 8.78 Å². The van der Waals surface area contributed by atoms with Gasteiger partial charge in [0.2, 0.25) is 0 Å². The molecule has 5 heteroatoms. The average molecular weight is 229 g/mol. The van der Waals surface area contributed by atoms with Gasteiger partial charge in [0.15, 0.2) is 11.5 Å². The van der Waals surface area contributed by atoms with Crippen LogP contribution in [-0.2, 0) is 0 Å². The van der Waals surface area contributed by atoms with E-state index in [9.17, 15) is 8.78 Å². The molecule has 1 atom stereocenters. The molecule has 1 heterocycles. The second-order valence-corrected chi connectivity index (χ2v) is 4.11. The molecule has 1 aromatic rings. The molecule has 1 aromatic carbocycles. The molecule has 2 rings (SSSR count). The monoisotopic (exact) mass is 229 g/mol. The van der Waals surface area contributed by atoms with Crippen molar-refractivity contribution in [3.05, 3.63) is 23.8 Å². The van der Waals surface area contributed by atoms with E-state index in [1.807, 2.05) is 13.8 Å². The Hall–Kier alpha value is -1.36. The van der Waals surface area contributed by atoms with Gasteiger partial charge in [0.05, 0.1) is 0 Å². The lowest BCUT2D eigenvalue weighted by Crippen LogP contribution is -2.26. The van der Waals surface area contributed by atoms with E-state index >= 15 is 0 Å². The molecule has 0 fully saturated rings. The molecular formula is C11H13F2NO2. The predicted molar refractivity (Wildman–Crippen MR) is 54.4 cm³/mol. The number of hydrogen-bond acceptors (Lipinski definition) is 3. The molecule has 0 saturated carbocycles. The fourth-order valence-electron chi connectivity index (χ4n) is 1.61. The Morgan fingerprint density at radius 2 is 1.94 bits per heavy atom. The summed E-state index contributed by atoms with van der Waals surface area (Å²) in [7, 11) is 0. The van der Waals surface area contributed by atoms with Crippen molar-refractivity contribution in [2.45, 2.75) is 26.2 Å². The highest BCUT2D eigenvalue weighted by atomic mass is 19.3. The van der Waals surface area contributed by atoms with Gasteiger partial charge in [-0.3, -0.25) is 0 Å². The fraction of sp³-hybridized carbons (Fsp3) is 0.455. The summed E-state index contributed by atoms with van der Waals surface area (Å²) in [5.74, 6) is 0.219. The summed E-state index contributed by atoms with van der Waals surface area (Å²) in [5.41, 5.74) is 6.46. The molecule has 0 saturated heterocycles. The Balaban J connectivity index is 2.41. The van der Waals surface area contributed by atoms with E-state index in [4.69, 9.17) is 5.73 Å². The van der Waals surface area contributed by atoms with Crippen LogP contribution in [-0.4, -0.2) is 6.29 Å². The van der Waals surface area contributed by atoms with Crippen molar-refractivity contribution in [2.24, 2.45) is 11.7 Å². The highest BCUT2D eigenvalue weighted by Crippen LogP contribution is 2.45. The zero-order valence-electron chi connectivity index (χ0n) is 9.04. The molecule has 2 N–H and O–H groups in total. The number of alkyl halides is 2. The lowest BCUT2D eigenvalue weighted by atomic mass is 9.96. The first-order chi connectivity index (χ1) is 7.41. The zero-order chi connectivity index (χ0) is 11.9. The van der Waals surface area contributed by atoms with Gasteiger partial charge in [-0.05, 0) is 12.0 Å². The Morgan fingerprint density at radius 3 is 2.56 bits per heavy atom. The number of fused-ring (bicyclic) bond motifs is 1. The van der Waals surface area contributed by atoms with Crippen molar-refractivity contribution in [3.8, 4) is 11.5 Å². The van der Waals surface area contributed by atoms with Crippen LogP contribution >= 0.6 is 0 Å². The Morgan fingerprint density at radius 1 is 1.25 bits per heavy atom. The van der Waals surface area contributed by atoms with E-state index in [0.717, 1.165) is 0 Å². The number of ether oxygens (including phenoxy) is 2. The third-order valence-corrected chi connectivity index (χ3v) is 2.54. The third kappa shape index (κ3) is 1.82. The Kier molecular flexibility index (Phi) is 2.50. The van der Waals surface area contributed by atoms with Gasteiger partial charge < -0.3 is 15.2 Å². The minimum absolute atomic E-state index is 0.0404. The number of nitrogens with two attached hydrogens (primary N) is 1. The fourth-order valence-corrected chi connectivity index (χ4v) is 1.61. The lowest BCUT2D eigenvalue weighted by molar-refractivity contribution is -0.287. The number of para-hydroxylation sites is 1. The largest absolute Gasteiger partial charge is 0.586 e. The van der Waals surface area contributed by atoms with E-state index in [0.29, 0.717) is 5.56 Å². The topological polar surface area (TPSA) is 44.5 Å². The smallest absolute Gasteiger partial charge is 0.395 e. The Labute approximate surface area is 92.1 Å². The lowest BCUT2D eigenvalue weighted by Gasteiger charge is -2.17. The predicted octanol–water partition coefficient (Wildman–Crippen LogP) is 2.66. The third-order valence-electron chi connectivity index (χ3n) is 2.54. The maximum atomic E-state index is 12.9. The summed E-state index contributed by atoms with van der Waals surface area (Å²) >= 11 is 0. The zero-order valence-corrected chi connectivity index (χ0v) is 9.04. The summed E-state index contributed by atoms with van der Waals surface area (Å²) in [4.78, 5) is 0. The Bertz CT molecular complexity index is 407. The van der Waals surface area contributed by atoms with Crippen molar-refractivity contribution in [1.82, 2.24) is 0 Å². The molecule has 0 aromatic heterocycles. The van der Waals surface area contributed by atoms with Gasteiger partial charge in [0.1, 0.15) is 0 Å². The van der Waals surface area contributed by atoms with Crippen LogP contribution in [0.5, 0.6) is 11.5 Å². The van der Waals surface area contributed by atoms with Crippen LogP contribution < -0.4 is 15.2 Å². The second-order valence-electron chi connectivity index (χ2n) is 4.11. The number of benzene rings is 1. The molecule has 0 unspecified atom stereocenters. The van der Waals surface area contributed by atoms with Crippen LogP contribution in [0.1, 0.15) is 25.5 Å². The maximum absolute atomic E-state index is 12.9. The van der Waals surface area contributed by atoms with Gasteiger partial charge in [0.25, 0.3) is 0 Å². The van der Waals surface area contributed by atoms with Gasteiger partial charge in [-0.1, -0.05) is 26.0 Å². The minimum Gasteiger partial charge on any atom is -0.395 e. The molecule has 0 aliphatic carbocycles. The summed E-state index contributed by atoms with van der Waals surface area (Å²) in [6.07, 6.45) is -3.59. The van der Waals surface area contributed by atoms with Crippen LogP contribution in [0.3, 0.4) is 0 Å². The summed E-state index contributed by atoms with van der Waals surface area (Å²) in [6, 6.07) is 4.38. The molecule has 3 nitrogen and oxygen atoms in total. The first-order valence-corrected chi connectivity index (χ1v) is 5.05. The van der Waals surface area contributed by atoms with Gasteiger partial charge in [-0.25, -0.2) is 0 Å². The van der Waals surface area contributed by atoms with Crippen molar-refractivity contribution in [3.63, 3.8) is 0 Å². The van der Waals surface area contributed by atoms with E-state index in [1.165, 1.54) is 6.07 Å². The van der Waals surface area contributed by atoms with E-state index in [-0.39, 0.29) is 23.5 Å². The summed E-state index contributed by atoms with van der Waals surface area (Å²) in [6.45, 7) is 3.83. The first kappa shape index (κ1) is 11.1. The molecule has 0 amide bonds. The van der Waals surface area contributed by atoms with Crippen molar-refractivity contribution < 1.29 is 18.3 Å². The number of halogens is 2. The standard InChI is InChI=1S/C11H13F2NO2/c1-6(2)9(14)7-4-3-5-8-10(7)16-11(12,13)15-8/h3-6,9H,14H2,1-2H3/t9-/m0/s1. The first-order valence-electron chi connectivity index (χ1n) is 5.05. The molecule has 0 radical (unpaired) electrons. The van der Waals surface area contributed by atoms with Gasteiger partial charge >= 0.3 is 6.29 Å². The summed E-state index contributed by atoms with van der Waals surface area (Å²) in [5, 5.41) is 0. The van der Waals surface area contributed by atoms with Crippen molar-refractivity contribution in [1.29, 1.82) is 0 Å². The van der Waals surface area contributed by atoms with Gasteiger partial charge in [0, 0.05) is 11.6 Å². The number of rotatable bonds is 2. The van der Waals surface area contributed by atoms with Crippen LogP contribution in [0, 0.1) is 5.92 Å². The number of hydrogen-bond donors (Lipinski definition) is 1. The van der Waals surface area contributed by atoms with E-state index in [1.54, 1.807) is 12.1 Å². The second kappa shape index (κ2) is 3.59. The SMILES string of the molecule is CC(C)[C@H](N)c1cccc2c1OC(F)(F)O2. The van der Waals surface area contributed by atoms with Crippen molar-refractivity contribution in [2.75, 3.05) is 0 Å². The highest BCUT2D eigenvalue weighted by molar-refractivity contribution is 5.50. The van der Waals surface area contributed by atoms with E-state index < -0.39 is 6.29 Å². The molecule has 0 bridgehead atoms. The quantitative estimate of drug-likeness (QED) is 0.847. The summed E-state index contributed by atoms with van der Waals surface area (Å²) < 4.78 is 34.6. The van der Waals surface area contributed by atoms with E-state index in [2.05, 4.69) is 9.47 Å². The van der Waals surface area contributed by atoms with Crippen molar-refractivity contribution >= 4 is 0 Å². The average Bonchev–Trinajstić information content (AvgIpc) is 2.49. The van der Waals surface area contributed by atoms with Crippen LogP contribution in [0.4, 0.5) is 8.78 Å². The highest BCUT2D eigenvalue weighted by Gasteiger charge is 2.45. The maximum Gasteiger partial charge on any atom is 0.586 e. The molecule has 1 aliphatic rings. The minimum atomic E-state index is -3.59. The molecule has 16 heavy (non-hydrogen) atoms. The van der Waals surface area contributed by atoms with Crippen LogP contribution in [0.2, 0.25) is 0 Å². The molecule has 0 spiro atoms.